The molecule has 0 aromatic heterocycles. The van der Waals surface area contributed by atoms with Gasteiger partial charge in [-0.2, -0.15) is 0 Å². The van der Waals surface area contributed by atoms with Gasteiger partial charge < -0.3 is 9.84 Å². The Labute approximate surface area is 168 Å². The number of rotatable bonds is 6. The zero-order chi connectivity index (χ0) is 19.6. The van der Waals surface area contributed by atoms with Crippen LogP contribution in [0.5, 0.6) is 0 Å². The summed E-state index contributed by atoms with van der Waals surface area (Å²) in [5, 5.41) is 18.6. The summed E-state index contributed by atoms with van der Waals surface area (Å²) < 4.78 is 5.95. The Hall–Kier alpha value is -0.650. The molecule has 4 bridgehead atoms. The van der Waals surface area contributed by atoms with Crippen molar-refractivity contribution in [2.24, 2.45) is 71.0 Å². The number of hydrogen-bond acceptors (Lipinski definition) is 5. The highest BCUT2D eigenvalue weighted by molar-refractivity contribution is 5.74. The van der Waals surface area contributed by atoms with Crippen molar-refractivity contribution in [2.75, 3.05) is 19.8 Å². The van der Waals surface area contributed by atoms with Gasteiger partial charge in [-0.3, -0.25) is 10.1 Å². The van der Waals surface area contributed by atoms with Crippen LogP contribution < -0.4 is 0 Å². The Morgan fingerprint density at radius 3 is 2.39 bits per heavy atom. The monoisotopic (exact) mass is 392 g/mol. The van der Waals surface area contributed by atoms with Gasteiger partial charge in [-0.15, -0.1) is 0 Å². The maximum atomic E-state index is 13.1. The van der Waals surface area contributed by atoms with Gasteiger partial charge in [-0.05, 0) is 91.3 Å². The van der Waals surface area contributed by atoms with Crippen molar-refractivity contribution >= 4 is 5.97 Å². The molecule has 0 spiro atoms. The number of aliphatic hydroxyl groups is 1. The van der Waals surface area contributed by atoms with Crippen molar-refractivity contribution < 1.29 is 24.8 Å². The maximum Gasteiger partial charge on any atom is 0.309 e. The molecular formula is C23H36O5. The van der Waals surface area contributed by atoms with Gasteiger partial charge in [0.25, 0.3) is 0 Å². The average molecular weight is 393 g/mol. The van der Waals surface area contributed by atoms with E-state index in [1.54, 1.807) is 0 Å². The molecule has 5 rings (SSSR count). The van der Waals surface area contributed by atoms with Crippen molar-refractivity contribution in [1.82, 2.24) is 0 Å². The Kier molecular flexibility index (Phi) is 5.00. The third kappa shape index (κ3) is 2.79. The standard InChI is InChI=1S/C23H36O5/c1-11-12(2)17-7-16(11)21(10-28-26)22(17)23(25)27-9-15-5-14-6-19(15)20-4-13(8-24)3-18(14)20/h11-22,24,26H,3-10H2,1-2H3. The summed E-state index contributed by atoms with van der Waals surface area (Å²) in [6.07, 6.45) is 5.95. The molecule has 158 valence electrons. The lowest BCUT2D eigenvalue weighted by atomic mass is 9.70. The molecule has 0 heterocycles. The first-order valence-corrected chi connectivity index (χ1v) is 11.6. The summed E-state index contributed by atoms with van der Waals surface area (Å²) in [6.45, 7) is 5.69. The second-order valence-electron chi connectivity index (χ2n) is 10.9. The summed E-state index contributed by atoms with van der Waals surface area (Å²) >= 11 is 0. The van der Waals surface area contributed by atoms with Gasteiger partial charge in [0.05, 0.1) is 19.1 Å². The van der Waals surface area contributed by atoms with E-state index in [1.165, 1.54) is 25.7 Å². The van der Waals surface area contributed by atoms with Gasteiger partial charge in [0.1, 0.15) is 0 Å². The molecule has 0 saturated heterocycles. The van der Waals surface area contributed by atoms with Crippen LogP contribution in [-0.4, -0.2) is 36.2 Å². The van der Waals surface area contributed by atoms with Crippen molar-refractivity contribution in [3.8, 4) is 0 Å². The normalized spacial score (nSPS) is 53.7. The van der Waals surface area contributed by atoms with Gasteiger partial charge in [0.2, 0.25) is 0 Å². The van der Waals surface area contributed by atoms with Crippen molar-refractivity contribution in [1.29, 1.82) is 0 Å². The highest BCUT2D eigenvalue weighted by atomic mass is 17.1. The topological polar surface area (TPSA) is 76.0 Å². The number of ether oxygens (including phenoxy) is 1. The van der Waals surface area contributed by atoms with Crippen LogP contribution in [0.2, 0.25) is 0 Å². The molecule has 12 atom stereocenters. The predicted molar refractivity (Wildman–Crippen MR) is 103 cm³/mol. The quantitative estimate of drug-likeness (QED) is 0.411. The minimum absolute atomic E-state index is 0.0488. The largest absolute Gasteiger partial charge is 0.465 e. The first-order valence-electron chi connectivity index (χ1n) is 11.6. The molecule has 5 aliphatic carbocycles. The van der Waals surface area contributed by atoms with E-state index in [0.29, 0.717) is 54.6 Å². The molecule has 28 heavy (non-hydrogen) atoms. The highest BCUT2D eigenvalue weighted by Gasteiger charge is 2.59. The van der Waals surface area contributed by atoms with Crippen LogP contribution in [0, 0.1) is 71.0 Å². The van der Waals surface area contributed by atoms with E-state index < -0.39 is 0 Å². The Bertz CT molecular complexity index is 608. The summed E-state index contributed by atoms with van der Waals surface area (Å²) in [5.41, 5.74) is 0. The third-order valence-corrected chi connectivity index (χ3v) is 10.1. The number of aliphatic hydroxyl groups excluding tert-OH is 1. The van der Waals surface area contributed by atoms with Crippen LogP contribution in [-0.2, 0) is 14.4 Å². The summed E-state index contributed by atoms with van der Waals surface area (Å²) in [6, 6.07) is 0. The third-order valence-electron chi connectivity index (χ3n) is 10.1. The van der Waals surface area contributed by atoms with E-state index >= 15 is 0 Å². The molecule has 5 fully saturated rings. The molecule has 0 aromatic carbocycles. The van der Waals surface area contributed by atoms with Gasteiger partial charge in [0.15, 0.2) is 0 Å². The van der Waals surface area contributed by atoms with E-state index in [0.717, 1.165) is 24.2 Å². The fourth-order valence-electron chi connectivity index (χ4n) is 8.76. The Morgan fingerprint density at radius 1 is 0.893 bits per heavy atom. The second-order valence-corrected chi connectivity index (χ2v) is 10.9. The molecule has 12 unspecified atom stereocenters. The summed E-state index contributed by atoms with van der Waals surface area (Å²) in [4.78, 5) is 17.6. The molecule has 0 amide bonds. The summed E-state index contributed by atoms with van der Waals surface area (Å²) in [7, 11) is 0. The fraction of sp³-hybridized carbons (Fsp3) is 0.957. The minimum Gasteiger partial charge on any atom is -0.465 e. The number of carbonyl (C=O) groups is 1. The van der Waals surface area contributed by atoms with Crippen molar-refractivity contribution in [3.63, 3.8) is 0 Å². The van der Waals surface area contributed by atoms with Crippen LogP contribution in [0.25, 0.3) is 0 Å². The lowest BCUT2D eigenvalue weighted by molar-refractivity contribution is -0.258. The molecule has 0 aliphatic heterocycles. The molecule has 5 saturated carbocycles. The minimum atomic E-state index is -0.111. The first-order chi connectivity index (χ1) is 13.5. The Morgan fingerprint density at radius 2 is 1.64 bits per heavy atom. The number of hydrogen-bond donors (Lipinski definition) is 2. The zero-order valence-corrected chi connectivity index (χ0v) is 17.2. The number of fused-ring (bicyclic) bond motifs is 7. The highest BCUT2D eigenvalue weighted by Crippen LogP contribution is 2.62. The molecule has 5 nitrogen and oxygen atoms in total. The van der Waals surface area contributed by atoms with E-state index in [-0.39, 0.29) is 24.4 Å². The molecule has 5 heteroatoms. The van der Waals surface area contributed by atoms with E-state index in [1.807, 2.05) is 0 Å². The van der Waals surface area contributed by atoms with E-state index in [9.17, 15) is 9.90 Å². The smallest absolute Gasteiger partial charge is 0.309 e. The lowest BCUT2D eigenvalue weighted by Gasteiger charge is -2.37. The molecule has 0 aromatic rings. The first kappa shape index (κ1) is 19.3. The van der Waals surface area contributed by atoms with Gasteiger partial charge in [-0.1, -0.05) is 13.8 Å². The van der Waals surface area contributed by atoms with Crippen LogP contribution in [0.1, 0.15) is 46.0 Å². The SMILES string of the molecule is CC1C(C)C2CC1C(COO)C2C(=O)OCC1CC2CC1C1CC(CO)CC21. The van der Waals surface area contributed by atoms with Crippen LogP contribution in [0.3, 0.4) is 0 Å². The van der Waals surface area contributed by atoms with E-state index in [4.69, 9.17) is 9.99 Å². The van der Waals surface area contributed by atoms with Gasteiger partial charge in [0, 0.05) is 12.5 Å². The number of carbonyl (C=O) groups excluding carboxylic acids is 1. The van der Waals surface area contributed by atoms with Crippen LogP contribution in [0.15, 0.2) is 0 Å². The molecular weight excluding hydrogens is 356 g/mol. The lowest BCUT2D eigenvalue weighted by Crippen LogP contribution is -2.40. The van der Waals surface area contributed by atoms with Crippen molar-refractivity contribution in [3.05, 3.63) is 0 Å². The zero-order valence-electron chi connectivity index (χ0n) is 17.2. The Balaban J connectivity index is 1.20. The molecule has 0 radical (unpaired) electrons. The molecule has 2 N–H and O–H groups in total. The second kappa shape index (κ2) is 7.24. The predicted octanol–water partition coefficient (Wildman–Crippen LogP) is 3.46. The fourth-order valence-corrected chi connectivity index (χ4v) is 8.76. The van der Waals surface area contributed by atoms with Crippen molar-refractivity contribution in [2.45, 2.75) is 46.0 Å². The van der Waals surface area contributed by atoms with Gasteiger partial charge in [-0.25, -0.2) is 4.89 Å². The van der Waals surface area contributed by atoms with Crippen LogP contribution in [0.4, 0.5) is 0 Å². The average Bonchev–Trinajstić information content (AvgIpc) is 3.46. The summed E-state index contributed by atoms with van der Waals surface area (Å²) in [5.74, 6) is 5.93. The van der Waals surface area contributed by atoms with Gasteiger partial charge >= 0.3 is 5.97 Å². The van der Waals surface area contributed by atoms with E-state index in [2.05, 4.69) is 18.7 Å². The molecule has 5 aliphatic rings. The maximum absolute atomic E-state index is 13.1. The number of esters is 1. The van der Waals surface area contributed by atoms with Crippen LogP contribution >= 0.6 is 0 Å².